The first-order valence-corrected chi connectivity index (χ1v) is 46.3. The van der Waals surface area contributed by atoms with Crippen molar-refractivity contribution in [2.24, 2.45) is 106 Å². The van der Waals surface area contributed by atoms with Gasteiger partial charge in [0.25, 0.3) is 0 Å². The minimum absolute atomic E-state index is 0. The van der Waals surface area contributed by atoms with Gasteiger partial charge in [-0.3, -0.25) is 18.8 Å². The third-order valence-electron chi connectivity index (χ3n) is 21.2. The first kappa shape index (κ1) is 107. The van der Waals surface area contributed by atoms with Crippen molar-refractivity contribution in [2.75, 3.05) is 92.6 Å². The third kappa shape index (κ3) is 27.7. The standard InChI is InChI=1S/C27H34ClN5O3S2.C22H26ClN5OS2.C20H28N5O3.C7H6BrClS.2CH4.H3N17.Na.H2S/c1-17-22(31-25(34)36-26(2,3)4)27(16-35-17)9-12-32(13-10-27)24-30-15-20(23-29-11-14-33(23)24)38-19-8-6-7-18(28)21(19)37-5;1-14-19(24)22(13-29-14)6-9-27(10-7-22)21-26-12-17(20-25-8-11-28(20)21)31-16-5-3-4-15(23)18(16)30-2;1-14-16(23-18(26)28-19(2,3)4)20(13-27-14)6-10-24(11-7-20)17-22-8-5-15-21-9-12-25(15)17;1-10-7-5(8)3-2-4-6(7)9;;;1-3-5-7-9-11-13-15-17-16-14-12-10-8-6-4-2;;/h6-8,11,14-15,17,22H,9-10,12-13,16H2,1-5H3,(H,31,34);3-5,8,11-12,14,19H,6-7,9-10,13,24H2,1-2H3;8-9,12,14,16H,6-7,10-11,13H2,1-4H3,(H,23,26);2-4H,1H3;2*1H4;(H3,1,2,5,6,9,10,13,14,17);;1H2/q;;-1;;;;;+1;/p-1/t17-,22+;14-,19+;14-,16+;;;;;;/m000....../s1. The summed E-state index contributed by atoms with van der Waals surface area (Å²) in [5, 5.41) is 51.8. The van der Waals surface area contributed by atoms with E-state index in [9.17, 15) is 9.59 Å². The van der Waals surface area contributed by atoms with Crippen molar-refractivity contribution in [1.29, 1.82) is 5.53 Å². The molecule has 9 aromatic rings. The van der Waals surface area contributed by atoms with Gasteiger partial charge in [-0.2, -0.15) is 5.53 Å². The fourth-order valence-electron chi connectivity index (χ4n) is 15.3. The summed E-state index contributed by atoms with van der Waals surface area (Å²) in [7, 11) is 0. The van der Waals surface area contributed by atoms with Gasteiger partial charge in [0.15, 0.2) is 11.3 Å². The number of thiol groups is 1. The van der Waals surface area contributed by atoms with Gasteiger partial charge >= 0.3 is 41.7 Å². The second-order valence-corrected chi connectivity index (χ2v) is 37.9. The summed E-state index contributed by atoms with van der Waals surface area (Å²) in [6.45, 7) is 24.5. The molecule has 2 amide bonds. The number of alkyl carbamates (subject to hydrolysis) is 2. The van der Waals surface area contributed by atoms with Gasteiger partial charge in [-0.15, -0.1) is 41.5 Å². The van der Waals surface area contributed by atoms with Crippen molar-refractivity contribution in [3.63, 3.8) is 0 Å². The van der Waals surface area contributed by atoms with Crippen LogP contribution in [0.5, 0.6) is 0 Å². The zero-order valence-electron chi connectivity index (χ0n) is 71.6. The number of aromatic nitrogens is 9. The number of nitrogens with two attached hydrogens (primary N) is 2. The molecule has 6 aliphatic rings. The normalized spacial score (nSPS) is 19.9. The average molecular weight is 2010 g/mol. The molecule has 6 aromatic heterocycles. The van der Waals surface area contributed by atoms with Crippen LogP contribution in [0.2, 0.25) is 15.1 Å². The Morgan fingerprint density at radius 1 is 0.523 bits per heavy atom. The number of hydrogen-bond acceptors (Lipinski definition) is 25. The molecule has 12 heterocycles. The molecule has 15 rings (SSSR count). The van der Waals surface area contributed by atoms with Crippen LogP contribution < -0.4 is 66.5 Å². The van der Waals surface area contributed by atoms with Crippen LogP contribution in [0.4, 0.5) is 27.4 Å². The number of thioether (sulfide) groups is 3. The van der Waals surface area contributed by atoms with Crippen LogP contribution in [0.1, 0.15) is 116 Å². The van der Waals surface area contributed by atoms with Crippen molar-refractivity contribution in [3.8, 4) is 0 Å². The summed E-state index contributed by atoms with van der Waals surface area (Å²) in [6, 6.07) is 20.8. The maximum atomic E-state index is 12.6. The monoisotopic (exact) mass is 2000 g/mol. The van der Waals surface area contributed by atoms with E-state index < -0.39 is 11.2 Å². The van der Waals surface area contributed by atoms with Gasteiger partial charge in [0.2, 0.25) is 17.8 Å². The van der Waals surface area contributed by atoms with E-state index >= 15 is 0 Å². The van der Waals surface area contributed by atoms with E-state index in [1.165, 1.54) is 0 Å². The van der Waals surface area contributed by atoms with Crippen LogP contribution in [0.25, 0.3) is 16.9 Å². The van der Waals surface area contributed by atoms with Gasteiger partial charge in [0.05, 0.1) is 75.1 Å². The second kappa shape index (κ2) is 50.3. The van der Waals surface area contributed by atoms with Crippen LogP contribution in [0.15, 0.2) is 227 Å². The van der Waals surface area contributed by atoms with Crippen molar-refractivity contribution >= 4 is 170 Å². The number of amides is 2. The van der Waals surface area contributed by atoms with E-state index in [2.05, 4.69) is 179 Å². The maximum Gasteiger partial charge on any atom is 1.00 e. The number of nitrogens with one attached hydrogen (secondary N) is 3. The zero-order chi connectivity index (χ0) is 88.8. The SMILES string of the molecule is C.C.CSc1c(Cl)cccc1Br.CSc1c(Cl)cccc1Sc1cnc(N2CCC3(CC2)CO[C@@H](C)[C@H]3N)n2ccnc12.CSc1c(Cl)cccc1Sc1cnc(N2CCC3(CC2)CO[C@@H](C)[C@H]3NC(=O)OC(C)(C)C)n2ccnc12.C[C@@H]1OCC2(CCN(c3nc[c-]c4nccn34)CC2)[C@@H]1NC(=O)OC(C)(C)C.N=N/N=N/N=N/N=N/N=N/N=N/N=N/N=N/N.[Na+].[SH-]. The summed E-state index contributed by atoms with van der Waals surface area (Å²) < 4.78 is 36.1. The van der Waals surface area contributed by atoms with E-state index in [-0.39, 0.29) is 123 Å². The number of rotatable bonds is 19. The number of ether oxygens (including phenoxy) is 5. The van der Waals surface area contributed by atoms with Gasteiger partial charge < -0.3 is 84.6 Å². The molecule has 7 N–H and O–H groups in total. The molecule has 0 bridgehead atoms. The molecule has 0 saturated carbocycles. The molecule has 39 nitrogen and oxygen atoms in total. The third-order valence-corrected chi connectivity index (χ3v) is 28.4. The number of piperidine rings is 3. The predicted molar refractivity (Wildman–Crippen MR) is 501 cm³/mol. The number of anilines is 3. The van der Waals surface area contributed by atoms with Crippen molar-refractivity contribution < 1.29 is 62.8 Å². The van der Waals surface area contributed by atoms with Crippen LogP contribution in [-0.4, -0.2) is 181 Å². The molecule has 6 fully saturated rings. The van der Waals surface area contributed by atoms with Gasteiger partial charge in [0, 0.05) is 140 Å². The molecule has 3 spiro atoms. The Bertz CT molecular complexity index is 5320. The molecule has 6 saturated heterocycles. The number of imidazole rings is 3. The Balaban J connectivity index is 0.000000229. The molecule has 6 atom stereocenters. The van der Waals surface area contributed by atoms with Gasteiger partial charge in [0.1, 0.15) is 11.2 Å². The molecule has 50 heteroatoms. The number of halogens is 4. The number of benzene rings is 3. The summed E-state index contributed by atoms with van der Waals surface area (Å²) in [5.74, 6) is 7.27. The maximum absolute atomic E-state index is 12.6. The molecule has 3 aromatic carbocycles. The van der Waals surface area contributed by atoms with E-state index in [0.717, 1.165) is 173 Å². The molecule has 686 valence electrons. The summed E-state index contributed by atoms with van der Waals surface area (Å²) in [6.07, 6.45) is 27.8. The average Bonchev–Trinajstić information content (AvgIpc) is 1.57. The summed E-state index contributed by atoms with van der Waals surface area (Å²) >= 11 is 30.3. The second-order valence-electron chi connectivity index (χ2n) is 31.2. The largest absolute Gasteiger partial charge is 1.00 e. The first-order valence-electron chi connectivity index (χ1n) is 39.1. The first-order chi connectivity index (χ1) is 59.6. The fourth-order valence-corrected chi connectivity index (χ4v) is 21.8. The number of carbonyl (C=O) groups excluding carboxylic acids is 2. The Labute approximate surface area is 817 Å². The number of carbonyl (C=O) groups is 2. The van der Waals surface area contributed by atoms with Crippen molar-refractivity contribution in [3.05, 3.63) is 136 Å². The molecular weight excluding hydrogens is 1900 g/mol. The number of nitrogens with zero attached hydrogens (tertiary/aromatic N) is 27. The molecule has 0 radical (unpaired) electrons. The minimum Gasteiger partial charge on any atom is -0.813 e. The van der Waals surface area contributed by atoms with Crippen LogP contribution >= 0.6 is 110 Å². The summed E-state index contributed by atoms with van der Waals surface area (Å²) in [5.41, 5.74) is 14.0. The fraction of sp³-hybridized carbons (Fsp3) is 0.513. The van der Waals surface area contributed by atoms with Crippen molar-refractivity contribution in [2.45, 2.75) is 198 Å². The van der Waals surface area contributed by atoms with E-state index in [0.29, 0.717) is 13.2 Å². The molecule has 0 unspecified atom stereocenters. The molecule has 6 aliphatic heterocycles. The van der Waals surface area contributed by atoms with E-state index in [4.69, 9.17) is 79.7 Å². The van der Waals surface area contributed by atoms with Gasteiger partial charge in [-0.1, -0.05) is 96.6 Å². The van der Waals surface area contributed by atoms with Crippen LogP contribution in [0, 0.1) is 27.8 Å². The molecule has 128 heavy (non-hydrogen) atoms. The summed E-state index contributed by atoms with van der Waals surface area (Å²) in [4.78, 5) is 67.1. The predicted octanol–water partition coefficient (Wildman–Crippen LogP) is 17.5. The topological polar surface area (TPSA) is 466 Å². The quantitative estimate of drug-likeness (QED) is 0.00733. The number of hydrogen-bond donors (Lipinski definition) is 5. The minimum atomic E-state index is -0.542. The van der Waals surface area contributed by atoms with Gasteiger partial charge in [-0.05, 0) is 251 Å². The Kier molecular flexibility index (Phi) is 42.2. The molecular formula is C78H106BrCl3N32NaO7S6-. The Hall–Kier alpha value is -7.65. The van der Waals surface area contributed by atoms with E-state index in [1.807, 2.05) is 164 Å². The number of fused-ring (bicyclic) bond motifs is 3. The zero-order valence-corrected chi connectivity index (χ0v) is 82.4. The Morgan fingerprint density at radius 2 is 0.883 bits per heavy atom. The van der Waals surface area contributed by atoms with Crippen molar-refractivity contribution in [1.82, 2.24) is 53.7 Å². The smallest absolute Gasteiger partial charge is 0.813 e. The van der Waals surface area contributed by atoms with Crippen LogP contribution in [0.3, 0.4) is 0 Å². The molecule has 0 aliphatic carbocycles. The van der Waals surface area contributed by atoms with E-state index in [1.54, 1.807) is 71.2 Å². The van der Waals surface area contributed by atoms with Gasteiger partial charge in [-0.25, -0.2) is 29.5 Å². The van der Waals surface area contributed by atoms with Crippen LogP contribution in [-0.2, 0) is 37.2 Å². The Morgan fingerprint density at radius 3 is 1.26 bits per heavy atom.